The third kappa shape index (κ3) is 3.32. The van der Waals surface area contributed by atoms with Crippen LogP contribution >= 0.6 is 0 Å². The van der Waals surface area contributed by atoms with Gasteiger partial charge in [0.25, 0.3) is 0 Å². The van der Waals surface area contributed by atoms with Crippen LogP contribution in [0.5, 0.6) is 0 Å². The van der Waals surface area contributed by atoms with E-state index in [4.69, 9.17) is 4.74 Å². The molecule has 128 valence electrons. The van der Waals surface area contributed by atoms with Gasteiger partial charge in [-0.2, -0.15) is 5.26 Å². The molecule has 0 saturated carbocycles. The number of rotatable bonds is 2. The number of nitriles is 1. The Bertz CT molecular complexity index is 654. The number of carbonyl (C=O) groups excluding carboxylic acids is 1. The number of aryl methyl sites for hydroxylation is 1. The van der Waals surface area contributed by atoms with E-state index in [1.54, 1.807) is 0 Å². The summed E-state index contributed by atoms with van der Waals surface area (Å²) in [7, 11) is 0. The first-order valence-electron chi connectivity index (χ1n) is 8.84. The first-order valence-corrected chi connectivity index (χ1v) is 8.84. The molecular weight excluding hydrogens is 300 g/mol. The third-order valence-electron chi connectivity index (χ3n) is 5.56. The Labute approximate surface area is 144 Å². The van der Waals surface area contributed by atoms with Gasteiger partial charge in [-0.1, -0.05) is 38.1 Å². The van der Waals surface area contributed by atoms with Gasteiger partial charge >= 0.3 is 0 Å². The number of benzene rings is 1. The van der Waals surface area contributed by atoms with Crippen LogP contribution in [0.2, 0.25) is 0 Å². The highest BCUT2D eigenvalue weighted by Gasteiger charge is 2.42. The summed E-state index contributed by atoms with van der Waals surface area (Å²) in [4.78, 5) is 13.0. The molecule has 4 nitrogen and oxygen atoms in total. The van der Waals surface area contributed by atoms with Gasteiger partial charge in [0.1, 0.15) is 5.41 Å². The second kappa shape index (κ2) is 6.57. The summed E-state index contributed by atoms with van der Waals surface area (Å²) < 4.78 is 5.34. The largest absolute Gasteiger partial charge is 0.381 e. The molecule has 1 atom stereocenters. The Kier molecular flexibility index (Phi) is 4.64. The summed E-state index contributed by atoms with van der Waals surface area (Å²) in [5.74, 6) is -0.134. The van der Waals surface area contributed by atoms with E-state index < -0.39 is 5.41 Å². The molecule has 2 aliphatic rings. The molecule has 1 N–H and O–H groups in total. The smallest absolute Gasteiger partial charge is 0.241 e. The number of carbonyl (C=O) groups is 1. The van der Waals surface area contributed by atoms with Crippen molar-refractivity contribution in [1.29, 1.82) is 5.26 Å². The lowest BCUT2D eigenvalue weighted by Gasteiger charge is -2.33. The summed E-state index contributed by atoms with van der Waals surface area (Å²) >= 11 is 0. The predicted octanol–water partition coefficient (Wildman–Crippen LogP) is 3.53. The molecule has 1 amide bonds. The zero-order valence-electron chi connectivity index (χ0n) is 14.6. The molecule has 24 heavy (non-hydrogen) atoms. The molecule has 0 spiro atoms. The highest BCUT2D eigenvalue weighted by Crippen LogP contribution is 2.40. The lowest BCUT2D eigenvalue weighted by molar-refractivity contribution is -0.133. The SMILES string of the molecule is CC1(C)CCc2ccccc2[C@@H](NC(=O)C2(C#N)CCOCC2)C1. The number of amides is 1. The van der Waals surface area contributed by atoms with E-state index in [-0.39, 0.29) is 17.4 Å². The third-order valence-corrected chi connectivity index (χ3v) is 5.56. The molecule has 1 fully saturated rings. The number of fused-ring (bicyclic) bond motifs is 1. The average Bonchev–Trinajstić information content (AvgIpc) is 2.72. The van der Waals surface area contributed by atoms with Gasteiger partial charge < -0.3 is 10.1 Å². The van der Waals surface area contributed by atoms with Gasteiger partial charge in [-0.3, -0.25) is 4.79 Å². The van der Waals surface area contributed by atoms with Gasteiger partial charge in [-0.15, -0.1) is 0 Å². The molecule has 1 aromatic carbocycles. The van der Waals surface area contributed by atoms with Crippen molar-refractivity contribution in [2.45, 2.75) is 52.0 Å². The Balaban J connectivity index is 1.87. The van der Waals surface area contributed by atoms with E-state index in [0.29, 0.717) is 26.1 Å². The maximum atomic E-state index is 13.0. The summed E-state index contributed by atoms with van der Waals surface area (Å²) in [6.07, 6.45) is 3.99. The van der Waals surface area contributed by atoms with Gasteiger partial charge in [0.15, 0.2) is 0 Å². The van der Waals surface area contributed by atoms with Gasteiger partial charge in [0, 0.05) is 13.2 Å². The average molecular weight is 326 g/mol. The number of ether oxygens (including phenoxy) is 1. The summed E-state index contributed by atoms with van der Waals surface area (Å²) in [5, 5.41) is 12.8. The molecule has 4 heteroatoms. The minimum atomic E-state index is -0.941. The fourth-order valence-corrected chi connectivity index (χ4v) is 3.87. The van der Waals surface area contributed by atoms with Gasteiger partial charge in [0.2, 0.25) is 5.91 Å². The maximum absolute atomic E-state index is 13.0. The predicted molar refractivity (Wildman–Crippen MR) is 92.1 cm³/mol. The van der Waals surface area contributed by atoms with Gasteiger partial charge in [-0.25, -0.2) is 0 Å². The molecule has 0 bridgehead atoms. The van der Waals surface area contributed by atoms with E-state index >= 15 is 0 Å². The fraction of sp³-hybridized carbons (Fsp3) is 0.600. The van der Waals surface area contributed by atoms with E-state index in [0.717, 1.165) is 19.3 Å². The molecule has 1 aliphatic heterocycles. The monoisotopic (exact) mass is 326 g/mol. The highest BCUT2D eigenvalue weighted by atomic mass is 16.5. The van der Waals surface area contributed by atoms with Crippen molar-refractivity contribution < 1.29 is 9.53 Å². The van der Waals surface area contributed by atoms with Crippen molar-refractivity contribution in [2.75, 3.05) is 13.2 Å². The van der Waals surface area contributed by atoms with Crippen LogP contribution in [0, 0.1) is 22.2 Å². The minimum Gasteiger partial charge on any atom is -0.381 e. The number of nitrogens with zero attached hydrogens (tertiary/aromatic N) is 1. The number of nitrogens with one attached hydrogen (secondary N) is 1. The first-order chi connectivity index (χ1) is 11.5. The van der Waals surface area contributed by atoms with E-state index in [1.165, 1.54) is 11.1 Å². The molecular formula is C20H26N2O2. The summed E-state index contributed by atoms with van der Waals surface area (Å²) in [6, 6.07) is 10.6. The topological polar surface area (TPSA) is 62.1 Å². The second-order valence-electron chi connectivity index (χ2n) is 7.90. The van der Waals surface area contributed by atoms with Crippen molar-refractivity contribution in [1.82, 2.24) is 5.32 Å². The van der Waals surface area contributed by atoms with Crippen molar-refractivity contribution in [3.05, 3.63) is 35.4 Å². The molecule has 3 rings (SSSR count). The zero-order valence-corrected chi connectivity index (χ0v) is 14.6. The van der Waals surface area contributed by atoms with Gasteiger partial charge in [0.05, 0.1) is 12.1 Å². The van der Waals surface area contributed by atoms with E-state index in [2.05, 4.69) is 43.4 Å². The van der Waals surface area contributed by atoms with Crippen LogP contribution in [0.3, 0.4) is 0 Å². The fourth-order valence-electron chi connectivity index (χ4n) is 3.87. The quantitative estimate of drug-likeness (QED) is 0.846. The molecule has 1 heterocycles. The normalized spacial score (nSPS) is 25.0. The van der Waals surface area contributed by atoms with Gasteiger partial charge in [-0.05, 0) is 48.6 Å². The second-order valence-corrected chi connectivity index (χ2v) is 7.90. The lowest BCUT2D eigenvalue weighted by Crippen LogP contribution is -2.45. The Hall–Kier alpha value is -1.86. The van der Waals surface area contributed by atoms with Crippen molar-refractivity contribution in [2.24, 2.45) is 10.8 Å². The molecule has 0 aromatic heterocycles. The summed E-state index contributed by atoms with van der Waals surface area (Å²) in [6.45, 7) is 5.47. The lowest BCUT2D eigenvalue weighted by atomic mass is 9.79. The molecule has 1 saturated heterocycles. The standard InChI is InChI=1S/C20H26N2O2/c1-19(2)8-7-15-5-3-4-6-16(15)17(13-19)22-18(23)20(14-21)9-11-24-12-10-20/h3-6,17H,7-13H2,1-2H3,(H,22,23)/t17-/m0/s1. The molecule has 0 unspecified atom stereocenters. The van der Waals surface area contributed by atoms with Crippen molar-refractivity contribution in [3.63, 3.8) is 0 Å². The van der Waals surface area contributed by atoms with Crippen molar-refractivity contribution >= 4 is 5.91 Å². The van der Waals surface area contributed by atoms with Crippen LogP contribution < -0.4 is 5.32 Å². The summed E-state index contributed by atoms with van der Waals surface area (Å²) in [5.41, 5.74) is 1.73. The number of hydrogen-bond donors (Lipinski definition) is 1. The van der Waals surface area contributed by atoms with Crippen LogP contribution in [-0.4, -0.2) is 19.1 Å². The van der Waals surface area contributed by atoms with E-state index in [9.17, 15) is 10.1 Å². The van der Waals surface area contributed by atoms with Crippen LogP contribution in [0.15, 0.2) is 24.3 Å². The molecule has 0 radical (unpaired) electrons. The Morgan fingerprint density at radius 2 is 1.96 bits per heavy atom. The Morgan fingerprint density at radius 3 is 2.67 bits per heavy atom. The first kappa shape index (κ1) is 17.0. The maximum Gasteiger partial charge on any atom is 0.241 e. The highest BCUT2D eigenvalue weighted by molar-refractivity contribution is 5.86. The van der Waals surface area contributed by atoms with E-state index in [1.807, 2.05) is 6.07 Å². The van der Waals surface area contributed by atoms with Crippen molar-refractivity contribution in [3.8, 4) is 6.07 Å². The van der Waals surface area contributed by atoms with Crippen LogP contribution in [0.25, 0.3) is 0 Å². The zero-order chi connectivity index (χ0) is 17.2. The number of hydrogen-bond acceptors (Lipinski definition) is 3. The molecule has 1 aliphatic carbocycles. The van der Waals surface area contributed by atoms with Crippen LogP contribution in [0.4, 0.5) is 0 Å². The van der Waals surface area contributed by atoms with Crippen LogP contribution in [-0.2, 0) is 16.0 Å². The Morgan fingerprint density at radius 1 is 1.25 bits per heavy atom. The minimum absolute atomic E-state index is 0.0285. The van der Waals surface area contributed by atoms with Crippen LogP contribution in [0.1, 0.15) is 56.7 Å². The molecule has 1 aromatic rings.